The molecule has 0 aliphatic heterocycles. The molecule has 0 aliphatic rings. The number of esters is 1. The fraction of sp³-hybridized carbons (Fsp3) is 0.367. The predicted molar refractivity (Wildman–Crippen MR) is 151 cm³/mol. The summed E-state index contributed by atoms with van der Waals surface area (Å²) in [5, 5.41) is 10.2. The van der Waals surface area contributed by atoms with E-state index in [1.807, 2.05) is 6.92 Å². The van der Waals surface area contributed by atoms with Crippen LogP contribution >= 0.6 is 0 Å². The third-order valence-corrected chi connectivity index (χ3v) is 7.31. The first-order chi connectivity index (χ1) is 18.8. The van der Waals surface area contributed by atoms with Crippen LogP contribution in [0, 0.1) is 29.9 Å². The van der Waals surface area contributed by atoms with Crippen LogP contribution in [0.3, 0.4) is 0 Å². The van der Waals surface area contributed by atoms with E-state index < -0.39 is 25.6 Å². The lowest BCUT2D eigenvalue weighted by Gasteiger charge is -2.27. The number of nitrogens with zero attached hydrogens (tertiary/aromatic N) is 1. The molecule has 0 heterocycles. The maximum absolute atomic E-state index is 12.3. The van der Waals surface area contributed by atoms with Gasteiger partial charge >= 0.3 is 5.97 Å². The van der Waals surface area contributed by atoms with E-state index in [1.54, 1.807) is 0 Å². The lowest BCUT2D eigenvalue weighted by molar-refractivity contribution is -0.969. The van der Waals surface area contributed by atoms with Crippen molar-refractivity contribution in [3.63, 3.8) is 0 Å². The Morgan fingerprint density at radius 3 is 1.88 bits per heavy atom. The van der Waals surface area contributed by atoms with Gasteiger partial charge in [-0.3, -0.25) is 19.8 Å². The zero-order valence-corrected chi connectivity index (χ0v) is 24.4. The van der Waals surface area contributed by atoms with Crippen LogP contribution in [0.2, 0.25) is 0 Å². The van der Waals surface area contributed by atoms with Crippen molar-refractivity contribution in [3.05, 3.63) is 105 Å². The summed E-state index contributed by atoms with van der Waals surface area (Å²) < 4.78 is 37.1. The Morgan fingerprint density at radius 2 is 1.43 bits per heavy atom. The number of carbonyl (C=O) groups excluding carboxylic acids is 1. The Balaban J connectivity index is 0.000000360. The molecule has 0 fully saturated rings. The van der Waals surface area contributed by atoms with Crippen LogP contribution in [0.25, 0.3) is 0 Å². The summed E-state index contributed by atoms with van der Waals surface area (Å²) in [7, 11) is -4.61. The smallest absolute Gasteiger partial charge is 0.310 e. The minimum Gasteiger partial charge on any atom is -0.744 e. The summed E-state index contributed by atoms with van der Waals surface area (Å²) >= 11 is 0. The van der Waals surface area contributed by atoms with E-state index in [2.05, 4.69) is 76.2 Å². The van der Waals surface area contributed by atoms with Gasteiger partial charge < -0.3 is 9.29 Å². The number of nitro benzene ring substituents is 1. The Bertz CT molecular complexity index is 1340. The molecular weight excluding hydrogens is 532 g/mol. The largest absolute Gasteiger partial charge is 0.744 e. The molecule has 0 bridgehead atoms. The van der Waals surface area contributed by atoms with E-state index in [0.717, 1.165) is 43.8 Å². The van der Waals surface area contributed by atoms with Crippen molar-refractivity contribution in [1.82, 2.24) is 0 Å². The van der Waals surface area contributed by atoms with Crippen LogP contribution in [0.5, 0.6) is 0 Å². The fourth-order valence-corrected chi connectivity index (χ4v) is 4.46. The summed E-state index contributed by atoms with van der Waals surface area (Å²) in [6.07, 6.45) is 1.17. The first-order valence-electron chi connectivity index (χ1n) is 13.1. The number of benzene rings is 3. The number of hydrogen-bond acceptors (Lipinski definition) is 7. The average molecular weight is 571 g/mol. The van der Waals surface area contributed by atoms with Gasteiger partial charge in [-0.1, -0.05) is 68.4 Å². The molecule has 3 aromatic rings. The van der Waals surface area contributed by atoms with Gasteiger partial charge in [-0.15, -0.1) is 0 Å². The zero-order valence-electron chi connectivity index (χ0n) is 23.6. The topological polar surface area (TPSA) is 131 Å². The van der Waals surface area contributed by atoms with Crippen LogP contribution in [-0.2, 0) is 32.7 Å². The van der Waals surface area contributed by atoms with Gasteiger partial charge in [0.2, 0.25) is 6.23 Å². The second-order valence-electron chi connectivity index (χ2n) is 10.1. The summed E-state index contributed by atoms with van der Waals surface area (Å²) in [5.74, 6) is 0.415. The third kappa shape index (κ3) is 10.9. The zero-order chi connectivity index (χ0) is 29.9. The second-order valence-corrected chi connectivity index (χ2v) is 11.5. The van der Waals surface area contributed by atoms with Crippen molar-refractivity contribution in [2.45, 2.75) is 71.7 Å². The van der Waals surface area contributed by atoms with Crippen molar-refractivity contribution >= 4 is 21.8 Å². The number of ether oxygens (including phenoxy) is 1. The molecule has 0 saturated heterocycles. The highest BCUT2D eigenvalue weighted by atomic mass is 32.2. The fourth-order valence-electron chi connectivity index (χ4n) is 3.95. The Hall–Kier alpha value is -3.60. The summed E-state index contributed by atoms with van der Waals surface area (Å²) in [6.45, 7) is 12.2. The lowest BCUT2D eigenvalue weighted by atomic mass is 10.1. The van der Waals surface area contributed by atoms with Gasteiger partial charge in [-0.25, -0.2) is 8.42 Å². The van der Waals surface area contributed by atoms with Gasteiger partial charge in [-0.05, 0) is 43.4 Å². The highest BCUT2D eigenvalue weighted by Crippen LogP contribution is 2.16. The van der Waals surface area contributed by atoms with E-state index >= 15 is 0 Å². The lowest BCUT2D eigenvalue weighted by Crippen LogP contribution is -3.13. The number of aryl methyl sites for hydroxylation is 2. The molecule has 0 saturated carbocycles. The number of quaternary nitrogens is 1. The van der Waals surface area contributed by atoms with E-state index in [9.17, 15) is 27.9 Å². The second kappa shape index (κ2) is 15.3. The summed E-state index contributed by atoms with van der Waals surface area (Å²) in [4.78, 5) is 22.3. The first-order valence-corrected chi connectivity index (χ1v) is 14.5. The number of carbonyl (C=O) groups is 1. The molecule has 1 unspecified atom stereocenters. The highest BCUT2D eigenvalue weighted by Gasteiger charge is 2.23. The minimum atomic E-state index is -4.61. The number of non-ortho nitro benzene ring substituents is 1. The molecule has 1 N–H and O–H groups in total. The number of nitrogens with one attached hydrogen (secondary N) is 1. The molecular formula is C30H38N2O7S. The maximum atomic E-state index is 12.3. The number of nitro groups is 1. The van der Waals surface area contributed by atoms with E-state index in [0.29, 0.717) is 12.3 Å². The van der Waals surface area contributed by atoms with E-state index in [4.69, 9.17) is 4.74 Å². The molecule has 0 aliphatic carbocycles. The normalized spacial score (nSPS) is 12.0. The molecule has 1 atom stereocenters. The molecule has 3 rings (SSSR count). The van der Waals surface area contributed by atoms with Crippen LogP contribution in [-0.4, -0.2) is 30.1 Å². The molecule has 10 heteroatoms. The highest BCUT2D eigenvalue weighted by molar-refractivity contribution is 7.85. The van der Waals surface area contributed by atoms with Crippen molar-refractivity contribution in [1.29, 1.82) is 0 Å². The van der Waals surface area contributed by atoms with Gasteiger partial charge in [0, 0.05) is 36.6 Å². The molecule has 3 aromatic carbocycles. The SMILES string of the molecule is Cc1ccccc1C[NH+](Cc1ccccc1C)C(C)OC(=O)CCC(C)C.O=[N+]([O-])c1cccc(S(=O)(=O)[O-])c1. The maximum Gasteiger partial charge on any atom is 0.310 e. The van der Waals surface area contributed by atoms with Crippen molar-refractivity contribution in [2.24, 2.45) is 5.92 Å². The minimum absolute atomic E-state index is 0.0942. The molecule has 216 valence electrons. The van der Waals surface area contributed by atoms with E-state index in [-0.39, 0.29) is 12.2 Å². The standard InChI is InChI=1S/C24H33NO2.C6H5NO5S/c1-18(2)14-15-24(26)27-21(5)25(16-22-12-8-6-10-19(22)3)17-23-13-9-7-11-20(23)4;8-7(9)5-2-1-3-6(4-5)13(10,11)12/h6-13,18,21H,14-17H2,1-5H3;1-4H,(H,10,11,12). The van der Waals surface area contributed by atoms with Crippen LogP contribution in [0.1, 0.15) is 55.9 Å². The number of rotatable bonds is 11. The molecule has 9 nitrogen and oxygen atoms in total. The van der Waals surface area contributed by atoms with Crippen LogP contribution < -0.4 is 4.90 Å². The van der Waals surface area contributed by atoms with Crippen molar-refractivity contribution < 1.29 is 32.3 Å². The van der Waals surface area contributed by atoms with Crippen molar-refractivity contribution in [2.75, 3.05) is 0 Å². The molecule has 0 amide bonds. The monoisotopic (exact) mass is 570 g/mol. The molecule has 0 radical (unpaired) electrons. The first kappa shape index (κ1) is 32.6. The van der Waals surface area contributed by atoms with Crippen LogP contribution in [0.4, 0.5) is 5.69 Å². The summed E-state index contributed by atoms with van der Waals surface area (Å²) in [5.41, 5.74) is 4.73. The number of hydrogen-bond donors (Lipinski definition) is 1. The Morgan fingerprint density at radius 1 is 0.900 bits per heavy atom. The van der Waals surface area contributed by atoms with Crippen molar-refractivity contribution in [3.8, 4) is 0 Å². The van der Waals surface area contributed by atoms with Crippen LogP contribution in [0.15, 0.2) is 77.7 Å². The molecule has 0 aromatic heterocycles. The van der Waals surface area contributed by atoms with Gasteiger partial charge in [0.15, 0.2) is 0 Å². The predicted octanol–water partition coefficient (Wildman–Crippen LogP) is 4.71. The summed E-state index contributed by atoms with van der Waals surface area (Å²) in [6, 6.07) is 20.9. The molecule has 40 heavy (non-hydrogen) atoms. The van der Waals surface area contributed by atoms with Gasteiger partial charge in [-0.2, -0.15) is 0 Å². The van der Waals surface area contributed by atoms with Gasteiger partial charge in [0.05, 0.1) is 9.82 Å². The quantitative estimate of drug-likeness (QED) is 0.116. The van der Waals surface area contributed by atoms with E-state index in [1.165, 1.54) is 27.2 Å². The Labute approximate surface area is 236 Å². The van der Waals surface area contributed by atoms with Gasteiger partial charge in [0.25, 0.3) is 5.69 Å². The Kier molecular flexibility index (Phi) is 12.4. The average Bonchev–Trinajstić information content (AvgIpc) is 2.89. The van der Waals surface area contributed by atoms with Gasteiger partial charge in [0.1, 0.15) is 23.2 Å². The third-order valence-electron chi connectivity index (χ3n) is 6.48. The molecule has 0 spiro atoms.